The molecule has 0 saturated carbocycles. The molecule has 1 heterocycles. The van der Waals surface area contributed by atoms with Gasteiger partial charge in [-0.25, -0.2) is 4.79 Å². The zero-order valence-electron chi connectivity index (χ0n) is 15.5. The molecular weight excluding hydrogens is 314 g/mol. The summed E-state index contributed by atoms with van der Waals surface area (Å²) in [6, 6.07) is 8.89. The second-order valence-electron chi connectivity index (χ2n) is 7.46. The van der Waals surface area contributed by atoms with Crippen molar-refractivity contribution < 1.29 is 9.53 Å². The van der Waals surface area contributed by atoms with Crippen LogP contribution >= 0.6 is 0 Å². The molecule has 0 bridgehead atoms. The van der Waals surface area contributed by atoms with Gasteiger partial charge in [-0.1, -0.05) is 38.1 Å². The minimum atomic E-state index is -0.0550. The van der Waals surface area contributed by atoms with E-state index in [4.69, 9.17) is 4.74 Å². The molecule has 1 aliphatic heterocycles. The Morgan fingerprint density at radius 1 is 1.28 bits per heavy atom. The monoisotopic (exact) mass is 345 g/mol. The first-order valence-corrected chi connectivity index (χ1v) is 9.59. The molecule has 1 aliphatic carbocycles. The van der Waals surface area contributed by atoms with Crippen LogP contribution in [0.1, 0.15) is 43.9 Å². The molecule has 1 saturated heterocycles. The van der Waals surface area contributed by atoms with Gasteiger partial charge in [-0.3, -0.25) is 4.90 Å². The zero-order chi connectivity index (χ0) is 17.6. The highest BCUT2D eigenvalue weighted by molar-refractivity contribution is 5.74. The fourth-order valence-corrected chi connectivity index (χ4v) is 4.01. The largest absolute Gasteiger partial charge is 0.379 e. The van der Waals surface area contributed by atoms with Gasteiger partial charge < -0.3 is 15.4 Å². The molecule has 2 unspecified atom stereocenters. The van der Waals surface area contributed by atoms with Gasteiger partial charge >= 0.3 is 6.03 Å². The number of morpholine rings is 1. The smallest absolute Gasteiger partial charge is 0.315 e. The number of benzene rings is 1. The number of amides is 2. The molecule has 2 aliphatic rings. The van der Waals surface area contributed by atoms with Gasteiger partial charge in [0.15, 0.2) is 0 Å². The Kier molecular flexibility index (Phi) is 6.32. The Labute approximate surface area is 151 Å². The fourth-order valence-electron chi connectivity index (χ4n) is 4.01. The van der Waals surface area contributed by atoms with Crippen LogP contribution in [0.25, 0.3) is 0 Å². The van der Waals surface area contributed by atoms with E-state index in [1.165, 1.54) is 11.1 Å². The number of nitrogens with one attached hydrogen (secondary N) is 2. The normalized spacial score (nSPS) is 22.3. The summed E-state index contributed by atoms with van der Waals surface area (Å²) in [5.74, 6) is 0.494. The summed E-state index contributed by atoms with van der Waals surface area (Å²) in [5.41, 5.74) is 2.64. The zero-order valence-corrected chi connectivity index (χ0v) is 15.5. The number of carbonyl (C=O) groups excluding carboxylic acids is 1. The lowest BCUT2D eigenvalue weighted by atomic mass is 9.88. The molecule has 0 radical (unpaired) electrons. The molecular formula is C20H31N3O2. The van der Waals surface area contributed by atoms with E-state index in [9.17, 15) is 4.79 Å². The molecule has 5 nitrogen and oxygen atoms in total. The summed E-state index contributed by atoms with van der Waals surface area (Å²) in [6.07, 6.45) is 3.26. The molecule has 2 N–H and O–H groups in total. The Morgan fingerprint density at radius 2 is 2.04 bits per heavy atom. The Hall–Kier alpha value is -1.59. The lowest BCUT2D eigenvalue weighted by molar-refractivity contribution is 0.00717. The van der Waals surface area contributed by atoms with Crippen molar-refractivity contribution in [1.29, 1.82) is 0 Å². The molecule has 138 valence electrons. The van der Waals surface area contributed by atoms with Crippen LogP contribution in [-0.4, -0.2) is 49.8 Å². The number of aryl methyl sites for hydroxylation is 1. The van der Waals surface area contributed by atoms with E-state index in [0.29, 0.717) is 18.5 Å². The van der Waals surface area contributed by atoms with E-state index < -0.39 is 0 Å². The summed E-state index contributed by atoms with van der Waals surface area (Å²) < 4.78 is 5.45. The minimum absolute atomic E-state index is 0.0550. The van der Waals surface area contributed by atoms with Gasteiger partial charge in [0.1, 0.15) is 0 Å². The Bertz CT molecular complexity index is 570. The SMILES string of the molecule is CC(C)C(CNC(=O)NC1CCCc2ccccc21)N1CCOCC1. The topological polar surface area (TPSA) is 53.6 Å². The summed E-state index contributed by atoms with van der Waals surface area (Å²) in [5, 5.41) is 6.29. The molecule has 2 atom stereocenters. The highest BCUT2D eigenvalue weighted by Crippen LogP contribution is 2.29. The first-order chi connectivity index (χ1) is 12.1. The summed E-state index contributed by atoms with van der Waals surface area (Å²) >= 11 is 0. The van der Waals surface area contributed by atoms with Crippen LogP contribution in [0.4, 0.5) is 4.79 Å². The van der Waals surface area contributed by atoms with Crippen molar-refractivity contribution in [1.82, 2.24) is 15.5 Å². The highest BCUT2D eigenvalue weighted by atomic mass is 16.5. The highest BCUT2D eigenvalue weighted by Gasteiger charge is 2.25. The van der Waals surface area contributed by atoms with Gasteiger partial charge in [0.2, 0.25) is 0 Å². The molecule has 25 heavy (non-hydrogen) atoms. The van der Waals surface area contributed by atoms with E-state index in [-0.39, 0.29) is 12.1 Å². The predicted octanol–water partition coefficient (Wildman–Crippen LogP) is 2.72. The lowest BCUT2D eigenvalue weighted by Crippen LogP contribution is -2.52. The third-order valence-corrected chi connectivity index (χ3v) is 5.43. The van der Waals surface area contributed by atoms with Crippen LogP contribution in [0.2, 0.25) is 0 Å². The first kappa shape index (κ1) is 18.2. The third kappa shape index (κ3) is 4.73. The maximum absolute atomic E-state index is 12.5. The van der Waals surface area contributed by atoms with Gasteiger partial charge in [-0.15, -0.1) is 0 Å². The van der Waals surface area contributed by atoms with Crippen molar-refractivity contribution in [2.24, 2.45) is 5.92 Å². The number of hydrogen-bond acceptors (Lipinski definition) is 3. The van der Waals surface area contributed by atoms with Crippen LogP contribution in [0.3, 0.4) is 0 Å². The van der Waals surface area contributed by atoms with E-state index in [2.05, 4.69) is 53.6 Å². The molecule has 1 fully saturated rings. The summed E-state index contributed by atoms with van der Waals surface area (Å²) in [6.45, 7) is 8.58. The molecule has 5 heteroatoms. The van der Waals surface area contributed by atoms with Gasteiger partial charge in [-0.2, -0.15) is 0 Å². The molecule has 1 aromatic rings. The van der Waals surface area contributed by atoms with Crippen LogP contribution in [0.5, 0.6) is 0 Å². The molecule has 1 aromatic carbocycles. The number of rotatable bonds is 5. The quantitative estimate of drug-likeness (QED) is 0.863. The van der Waals surface area contributed by atoms with Crippen molar-refractivity contribution in [3.8, 4) is 0 Å². The number of ether oxygens (including phenoxy) is 1. The minimum Gasteiger partial charge on any atom is -0.379 e. The van der Waals surface area contributed by atoms with Gasteiger partial charge in [0, 0.05) is 25.7 Å². The second kappa shape index (κ2) is 8.68. The number of nitrogens with zero attached hydrogens (tertiary/aromatic N) is 1. The fraction of sp³-hybridized carbons (Fsp3) is 0.650. The number of fused-ring (bicyclic) bond motifs is 1. The Balaban J connectivity index is 1.54. The first-order valence-electron chi connectivity index (χ1n) is 9.59. The summed E-state index contributed by atoms with van der Waals surface area (Å²) in [7, 11) is 0. The van der Waals surface area contributed by atoms with Gasteiger partial charge in [0.25, 0.3) is 0 Å². The Morgan fingerprint density at radius 3 is 2.80 bits per heavy atom. The van der Waals surface area contributed by atoms with Gasteiger partial charge in [0.05, 0.1) is 19.3 Å². The van der Waals surface area contributed by atoms with E-state index in [1.807, 2.05) is 0 Å². The van der Waals surface area contributed by atoms with Crippen molar-refractivity contribution in [2.45, 2.75) is 45.2 Å². The van der Waals surface area contributed by atoms with Crippen LogP contribution in [0, 0.1) is 5.92 Å². The summed E-state index contributed by atoms with van der Waals surface area (Å²) in [4.78, 5) is 14.9. The molecule has 0 spiro atoms. The predicted molar refractivity (Wildman–Crippen MR) is 99.7 cm³/mol. The molecule has 3 rings (SSSR count). The maximum Gasteiger partial charge on any atom is 0.315 e. The van der Waals surface area contributed by atoms with Crippen LogP contribution in [0.15, 0.2) is 24.3 Å². The second-order valence-corrected chi connectivity index (χ2v) is 7.46. The molecule has 0 aromatic heterocycles. The van der Waals surface area contributed by atoms with Crippen LogP contribution in [-0.2, 0) is 11.2 Å². The molecule has 2 amide bonds. The van der Waals surface area contributed by atoms with E-state index in [0.717, 1.165) is 45.6 Å². The number of carbonyl (C=O) groups is 1. The van der Waals surface area contributed by atoms with E-state index in [1.54, 1.807) is 0 Å². The standard InChI is InChI=1S/C20H31N3O2/c1-15(2)19(23-10-12-25-13-11-23)14-21-20(24)22-18-9-5-7-16-6-3-4-8-17(16)18/h3-4,6,8,15,18-19H,5,7,9-14H2,1-2H3,(H2,21,22,24). The van der Waals surface area contributed by atoms with Crippen LogP contribution < -0.4 is 10.6 Å². The third-order valence-electron chi connectivity index (χ3n) is 5.43. The van der Waals surface area contributed by atoms with Crippen molar-refractivity contribution in [3.05, 3.63) is 35.4 Å². The van der Waals surface area contributed by atoms with Crippen molar-refractivity contribution in [3.63, 3.8) is 0 Å². The van der Waals surface area contributed by atoms with Crippen molar-refractivity contribution >= 4 is 6.03 Å². The van der Waals surface area contributed by atoms with E-state index >= 15 is 0 Å². The number of hydrogen-bond donors (Lipinski definition) is 2. The lowest BCUT2D eigenvalue weighted by Gasteiger charge is -2.37. The maximum atomic E-state index is 12.5. The average Bonchev–Trinajstić information content (AvgIpc) is 2.63. The average molecular weight is 345 g/mol. The van der Waals surface area contributed by atoms with Crippen molar-refractivity contribution in [2.75, 3.05) is 32.8 Å². The van der Waals surface area contributed by atoms with Gasteiger partial charge in [-0.05, 0) is 36.3 Å². The number of urea groups is 1.